The van der Waals surface area contributed by atoms with Gasteiger partial charge in [-0.2, -0.15) is 0 Å². The maximum Gasteiger partial charge on any atom is 0.121 e. The molecule has 0 spiro atoms. The molecule has 1 aromatic carbocycles. The van der Waals surface area contributed by atoms with Crippen molar-refractivity contribution in [1.29, 1.82) is 0 Å². The molecule has 0 aromatic heterocycles. The van der Waals surface area contributed by atoms with Crippen molar-refractivity contribution >= 4 is 23.2 Å². The first-order chi connectivity index (χ1) is 10.1. The van der Waals surface area contributed by atoms with Crippen molar-refractivity contribution in [2.24, 2.45) is 5.73 Å². The van der Waals surface area contributed by atoms with E-state index in [9.17, 15) is 5.11 Å². The van der Waals surface area contributed by atoms with Gasteiger partial charge in [0.2, 0.25) is 0 Å². The van der Waals surface area contributed by atoms with Crippen molar-refractivity contribution in [2.45, 2.75) is 31.5 Å². The summed E-state index contributed by atoms with van der Waals surface area (Å²) >= 11 is 11.9. The summed E-state index contributed by atoms with van der Waals surface area (Å²) < 4.78 is 5.95. The molecule has 0 aliphatic carbocycles. The summed E-state index contributed by atoms with van der Waals surface area (Å²) in [5.74, 6) is 0.765. The maximum atomic E-state index is 9.48. The molecule has 1 aliphatic heterocycles. The van der Waals surface area contributed by atoms with Crippen molar-refractivity contribution < 1.29 is 9.84 Å². The van der Waals surface area contributed by atoms with E-state index in [-0.39, 0.29) is 6.10 Å². The minimum Gasteiger partial charge on any atom is -0.490 e. The van der Waals surface area contributed by atoms with Crippen LogP contribution in [0.25, 0.3) is 0 Å². The number of nitrogens with two attached hydrogens (primary N) is 1. The standard InChI is InChI=1S/C15H22Cl2N2O2/c16-14-2-1-13(9-15(14)17)21-12-4-7-19(8-5-12)6-3-11(20)10-18/h1-2,9,11-12,20H,3-8,10,18H2. The average molecular weight is 333 g/mol. The van der Waals surface area contributed by atoms with Gasteiger partial charge in [-0.25, -0.2) is 0 Å². The van der Waals surface area contributed by atoms with Crippen molar-refractivity contribution in [1.82, 2.24) is 4.90 Å². The molecule has 118 valence electrons. The highest BCUT2D eigenvalue weighted by Crippen LogP contribution is 2.28. The van der Waals surface area contributed by atoms with E-state index in [1.54, 1.807) is 12.1 Å². The maximum absolute atomic E-state index is 9.48. The Morgan fingerprint density at radius 1 is 1.29 bits per heavy atom. The van der Waals surface area contributed by atoms with Crippen molar-refractivity contribution in [3.8, 4) is 5.75 Å². The molecule has 1 fully saturated rings. The summed E-state index contributed by atoms with van der Waals surface area (Å²) in [4.78, 5) is 2.34. The van der Waals surface area contributed by atoms with Gasteiger partial charge in [-0.3, -0.25) is 0 Å². The van der Waals surface area contributed by atoms with E-state index in [1.807, 2.05) is 6.07 Å². The molecular formula is C15H22Cl2N2O2. The smallest absolute Gasteiger partial charge is 0.121 e. The topological polar surface area (TPSA) is 58.7 Å². The fourth-order valence-corrected chi connectivity index (χ4v) is 2.73. The first-order valence-electron chi connectivity index (χ1n) is 7.30. The molecule has 1 aromatic rings. The van der Waals surface area contributed by atoms with Crippen molar-refractivity contribution in [3.63, 3.8) is 0 Å². The van der Waals surface area contributed by atoms with E-state index < -0.39 is 6.10 Å². The van der Waals surface area contributed by atoms with Gasteiger partial charge < -0.3 is 20.5 Å². The molecule has 0 saturated carbocycles. The Morgan fingerprint density at radius 3 is 2.62 bits per heavy atom. The molecule has 0 bridgehead atoms. The number of aliphatic hydroxyl groups is 1. The summed E-state index contributed by atoms with van der Waals surface area (Å²) in [7, 11) is 0. The third-order valence-electron chi connectivity index (χ3n) is 3.78. The molecular weight excluding hydrogens is 311 g/mol. The molecule has 21 heavy (non-hydrogen) atoms. The number of hydrogen-bond acceptors (Lipinski definition) is 4. The van der Waals surface area contributed by atoms with Crippen LogP contribution in [0.1, 0.15) is 19.3 Å². The minimum atomic E-state index is -0.393. The number of nitrogens with zero attached hydrogens (tertiary/aromatic N) is 1. The first kappa shape index (κ1) is 16.8. The van der Waals surface area contributed by atoms with Gasteiger partial charge in [0.25, 0.3) is 0 Å². The van der Waals surface area contributed by atoms with E-state index in [0.29, 0.717) is 16.6 Å². The lowest BCUT2D eigenvalue weighted by Crippen LogP contribution is -2.40. The highest BCUT2D eigenvalue weighted by Gasteiger charge is 2.21. The lowest BCUT2D eigenvalue weighted by Gasteiger charge is -2.32. The predicted octanol–water partition coefficient (Wildman–Crippen LogP) is 2.55. The Morgan fingerprint density at radius 2 is 2.00 bits per heavy atom. The van der Waals surface area contributed by atoms with Crippen molar-refractivity contribution in [3.05, 3.63) is 28.2 Å². The summed E-state index contributed by atoms with van der Waals surface area (Å²) in [6.45, 7) is 3.17. The molecule has 1 heterocycles. The predicted molar refractivity (Wildman–Crippen MR) is 86.2 cm³/mol. The fourth-order valence-electron chi connectivity index (χ4n) is 2.44. The summed E-state index contributed by atoms with van der Waals surface area (Å²) in [5, 5.41) is 10.5. The van der Waals surface area contributed by atoms with Crippen LogP contribution in [0, 0.1) is 0 Å². The summed E-state index contributed by atoms with van der Waals surface area (Å²) in [6, 6.07) is 5.36. The third-order valence-corrected chi connectivity index (χ3v) is 4.52. The van der Waals surface area contributed by atoms with E-state index in [0.717, 1.165) is 44.6 Å². The van der Waals surface area contributed by atoms with Gasteiger partial charge >= 0.3 is 0 Å². The zero-order valence-corrected chi connectivity index (χ0v) is 13.5. The second-order valence-corrected chi connectivity index (χ2v) is 6.23. The van der Waals surface area contributed by atoms with Crippen LogP contribution in [0.2, 0.25) is 10.0 Å². The Bertz CT molecular complexity index is 451. The monoisotopic (exact) mass is 332 g/mol. The zero-order chi connectivity index (χ0) is 15.2. The van der Waals surface area contributed by atoms with E-state index in [2.05, 4.69) is 4.90 Å². The SMILES string of the molecule is NCC(O)CCN1CCC(Oc2ccc(Cl)c(Cl)c2)CC1. The average Bonchev–Trinajstić information content (AvgIpc) is 2.50. The molecule has 3 N–H and O–H groups in total. The van der Waals surface area contributed by atoms with E-state index in [1.165, 1.54) is 0 Å². The second kappa shape index (κ2) is 8.20. The normalized spacial score (nSPS) is 18.7. The van der Waals surface area contributed by atoms with Crippen LogP contribution in [0.4, 0.5) is 0 Å². The van der Waals surface area contributed by atoms with Gasteiger partial charge in [0.15, 0.2) is 0 Å². The van der Waals surface area contributed by atoms with Crippen molar-refractivity contribution in [2.75, 3.05) is 26.2 Å². The van der Waals surface area contributed by atoms with Gasteiger partial charge in [-0.05, 0) is 31.4 Å². The Hall–Kier alpha value is -0.520. The molecule has 0 radical (unpaired) electrons. The van der Waals surface area contributed by atoms with E-state index in [4.69, 9.17) is 33.7 Å². The Kier molecular flexibility index (Phi) is 6.58. The highest BCUT2D eigenvalue weighted by molar-refractivity contribution is 6.42. The lowest BCUT2D eigenvalue weighted by atomic mass is 10.1. The minimum absolute atomic E-state index is 0.206. The number of likely N-dealkylation sites (tertiary alicyclic amines) is 1. The number of ether oxygens (including phenoxy) is 1. The van der Waals surface area contributed by atoms with Gasteiger partial charge in [-0.15, -0.1) is 0 Å². The van der Waals surface area contributed by atoms with Crippen LogP contribution in [0.15, 0.2) is 18.2 Å². The molecule has 1 unspecified atom stereocenters. The van der Waals surface area contributed by atoms with Gasteiger partial charge in [0, 0.05) is 32.2 Å². The quantitative estimate of drug-likeness (QED) is 0.840. The fraction of sp³-hybridized carbons (Fsp3) is 0.600. The molecule has 0 amide bonds. The molecule has 1 saturated heterocycles. The second-order valence-electron chi connectivity index (χ2n) is 5.41. The number of piperidine rings is 1. The van der Waals surface area contributed by atoms with Crippen LogP contribution in [-0.4, -0.2) is 48.4 Å². The Balaban J connectivity index is 1.75. The molecule has 1 aliphatic rings. The van der Waals surface area contributed by atoms with E-state index >= 15 is 0 Å². The van der Waals surface area contributed by atoms with Gasteiger partial charge in [-0.1, -0.05) is 23.2 Å². The zero-order valence-electron chi connectivity index (χ0n) is 12.0. The number of halogens is 2. The third kappa shape index (κ3) is 5.31. The highest BCUT2D eigenvalue weighted by atomic mass is 35.5. The van der Waals surface area contributed by atoms with Crippen LogP contribution >= 0.6 is 23.2 Å². The summed E-state index contributed by atoms with van der Waals surface area (Å²) in [6.07, 6.45) is 2.49. The number of aliphatic hydroxyl groups excluding tert-OH is 1. The molecule has 4 nitrogen and oxygen atoms in total. The van der Waals surface area contributed by atoms with Crippen LogP contribution in [-0.2, 0) is 0 Å². The van der Waals surface area contributed by atoms with Crippen LogP contribution in [0.5, 0.6) is 5.75 Å². The number of rotatable bonds is 6. The number of benzene rings is 1. The lowest BCUT2D eigenvalue weighted by molar-refractivity contribution is 0.0863. The number of hydrogen-bond donors (Lipinski definition) is 2. The van der Waals surface area contributed by atoms with Gasteiger partial charge in [0.05, 0.1) is 16.1 Å². The molecule has 1 atom stereocenters. The Labute approximate surface area is 135 Å². The molecule has 6 heteroatoms. The van der Waals surface area contributed by atoms with Crippen LogP contribution < -0.4 is 10.5 Å². The summed E-state index contributed by atoms with van der Waals surface area (Å²) in [5.41, 5.74) is 5.41. The first-order valence-corrected chi connectivity index (χ1v) is 8.06. The largest absolute Gasteiger partial charge is 0.490 e. The molecule has 2 rings (SSSR count). The van der Waals surface area contributed by atoms with Gasteiger partial charge in [0.1, 0.15) is 11.9 Å². The van der Waals surface area contributed by atoms with Crippen LogP contribution in [0.3, 0.4) is 0 Å².